The summed E-state index contributed by atoms with van der Waals surface area (Å²) in [6, 6.07) is 4.19. The smallest absolute Gasteiger partial charge is 0.285 e. The maximum atomic E-state index is 13.0. The Hall–Kier alpha value is -2.06. The molecule has 0 bridgehead atoms. The monoisotopic (exact) mass is 373 g/mol. The molecule has 2 rings (SSSR count). The molecule has 0 radical (unpaired) electrons. The molecule has 0 aliphatic heterocycles. The van der Waals surface area contributed by atoms with Gasteiger partial charge in [0.15, 0.2) is 0 Å². The van der Waals surface area contributed by atoms with Crippen LogP contribution in [0.25, 0.3) is 0 Å². The Morgan fingerprint density at radius 1 is 1.43 bits per heavy atom. The third kappa shape index (κ3) is 3.53. The molecule has 108 valence electrons. The third-order valence-electron chi connectivity index (χ3n) is 2.46. The number of hydrogen-bond acceptors (Lipinski definition) is 4. The number of benzene rings is 1. The highest BCUT2D eigenvalue weighted by Gasteiger charge is 2.21. The number of nitrogens with one attached hydrogen (secondary N) is 1. The SMILES string of the molecule is O=C(Nc1cnc(Cl)c(Br)c1)c1ccc(F)cc1[N+](=O)[O-]. The van der Waals surface area contributed by atoms with Gasteiger partial charge >= 0.3 is 0 Å². The topological polar surface area (TPSA) is 85.1 Å². The first-order chi connectivity index (χ1) is 9.88. The molecule has 0 aliphatic carbocycles. The van der Waals surface area contributed by atoms with Crippen LogP contribution in [0.5, 0.6) is 0 Å². The Morgan fingerprint density at radius 3 is 2.76 bits per heavy atom. The third-order valence-corrected chi connectivity index (χ3v) is 3.59. The van der Waals surface area contributed by atoms with Crippen molar-refractivity contribution < 1.29 is 14.1 Å². The molecule has 1 N–H and O–H groups in total. The minimum absolute atomic E-state index is 0.209. The minimum Gasteiger partial charge on any atom is -0.320 e. The number of carbonyl (C=O) groups is 1. The van der Waals surface area contributed by atoms with Gasteiger partial charge in [0, 0.05) is 0 Å². The molecule has 0 unspecified atom stereocenters. The van der Waals surface area contributed by atoms with Gasteiger partial charge in [-0.1, -0.05) is 11.6 Å². The summed E-state index contributed by atoms with van der Waals surface area (Å²) in [6.07, 6.45) is 1.29. The number of halogens is 3. The van der Waals surface area contributed by atoms with Gasteiger partial charge in [-0.25, -0.2) is 9.37 Å². The summed E-state index contributed by atoms with van der Waals surface area (Å²) in [5.74, 6) is -1.55. The van der Waals surface area contributed by atoms with Crippen molar-refractivity contribution in [2.75, 3.05) is 5.32 Å². The Balaban J connectivity index is 2.32. The van der Waals surface area contributed by atoms with Crippen molar-refractivity contribution in [3.05, 3.63) is 61.6 Å². The normalized spacial score (nSPS) is 10.2. The molecule has 1 aromatic heterocycles. The van der Waals surface area contributed by atoms with E-state index in [0.29, 0.717) is 10.5 Å². The fraction of sp³-hybridized carbons (Fsp3) is 0. The van der Waals surface area contributed by atoms with E-state index in [1.807, 2.05) is 0 Å². The van der Waals surface area contributed by atoms with Crippen LogP contribution in [0, 0.1) is 15.9 Å². The van der Waals surface area contributed by atoms with E-state index in [4.69, 9.17) is 11.6 Å². The Bertz CT molecular complexity index is 742. The zero-order valence-corrected chi connectivity index (χ0v) is 12.5. The molecule has 0 atom stereocenters. The molecule has 1 aromatic carbocycles. The largest absolute Gasteiger partial charge is 0.320 e. The van der Waals surface area contributed by atoms with Gasteiger partial charge in [0.05, 0.1) is 27.3 Å². The van der Waals surface area contributed by atoms with E-state index in [2.05, 4.69) is 26.2 Å². The summed E-state index contributed by atoms with van der Waals surface area (Å²) in [5, 5.41) is 13.5. The maximum Gasteiger partial charge on any atom is 0.285 e. The number of carbonyl (C=O) groups excluding carboxylic acids is 1. The van der Waals surface area contributed by atoms with Crippen LogP contribution < -0.4 is 5.32 Å². The molecule has 0 fully saturated rings. The average Bonchev–Trinajstić information content (AvgIpc) is 2.42. The minimum atomic E-state index is -0.825. The second-order valence-corrected chi connectivity index (χ2v) is 5.08. The van der Waals surface area contributed by atoms with Gasteiger partial charge in [-0.3, -0.25) is 14.9 Å². The van der Waals surface area contributed by atoms with Gasteiger partial charge < -0.3 is 5.32 Å². The molecule has 1 heterocycles. The number of amides is 1. The summed E-state index contributed by atoms with van der Waals surface area (Å²) in [4.78, 5) is 25.9. The highest BCUT2D eigenvalue weighted by Crippen LogP contribution is 2.25. The molecule has 0 spiro atoms. The Labute approximate surface area is 131 Å². The number of nitro benzene ring substituents is 1. The highest BCUT2D eigenvalue weighted by molar-refractivity contribution is 9.10. The lowest BCUT2D eigenvalue weighted by molar-refractivity contribution is -0.385. The van der Waals surface area contributed by atoms with Gasteiger partial charge in [0.25, 0.3) is 11.6 Å². The molecular formula is C12H6BrClFN3O3. The first-order valence-electron chi connectivity index (χ1n) is 5.45. The van der Waals surface area contributed by atoms with Gasteiger partial charge in [-0.15, -0.1) is 0 Å². The van der Waals surface area contributed by atoms with Crippen molar-refractivity contribution in [1.29, 1.82) is 0 Å². The summed E-state index contributed by atoms with van der Waals surface area (Å²) in [6.45, 7) is 0. The van der Waals surface area contributed by atoms with Crippen molar-refractivity contribution in [2.24, 2.45) is 0 Å². The standard InChI is InChI=1S/C12H6BrClFN3O3/c13-9-4-7(5-16-11(9)14)17-12(19)8-2-1-6(15)3-10(8)18(20)21/h1-5H,(H,17,19). The summed E-state index contributed by atoms with van der Waals surface area (Å²) >= 11 is 8.85. The van der Waals surface area contributed by atoms with Gasteiger partial charge in [-0.05, 0) is 34.1 Å². The van der Waals surface area contributed by atoms with E-state index < -0.39 is 22.3 Å². The van der Waals surface area contributed by atoms with E-state index >= 15 is 0 Å². The summed E-state index contributed by atoms with van der Waals surface area (Å²) in [7, 11) is 0. The van der Waals surface area contributed by atoms with Gasteiger partial charge in [0.2, 0.25) is 0 Å². The van der Waals surface area contributed by atoms with Crippen molar-refractivity contribution >= 4 is 44.8 Å². The molecule has 0 saturated carbocycles. The first kappa shape index (κ1) is 15.3. The van der Waals surface area contributed by atoms with Gasteiger partial charge in [-0.2, -0.15) is 0 Å². The van der Waals surface area contributed by atoms with Crippen molar-refractivity contribution in [2.45, 2.75) is 0 Å². The zero-order valence-electron chi connectivity index (χ0n) is 10.1. The lowest BCUT2D eigenvalue weighted by atomic mass is 10.1. The average molecular weight is 375 g/mol. The lowest BCUT2D eigenvalue weighted by Crippen LogP contribution is -2.14. The lowest BCUT2D eigenvalue weighted by Gasteiger charge is -2.06. The molecule has 2 aromatic rings. The highest BCUT2D eigenvalue weighted by atomic mass is 79.9. The number of hydrogen-bond donors (Lipinski definition) is 1. The molecule has 9 heteroatoms. The fourth-order valence-electron chi connectivity index (χ4n) is 1.54. The molecule has 21 heavy (non-hydrogen) atoms. The van der Waals surface area contributed by atoms with Crippen LogP contribution in [-0.4, -0.2) is 15.8 Å². The van der Waals surface area contributed by atoms with Crippen LogP contribution in [0.1, 0.15) is 10.4 Å². The van der Waals surface area contributed by atoms with Crippen LogP contribution in [0.2, 0.25) is 5.15 Å². The number of pyridine rings is 1. The van der Waals surface area contributed by atoms with Gasteiger partial charge in [0.1, 0.15) is 16.5 Å². The van der Waals surface area contributed by atoms with Crippen molar-refractivity contribution in [3.63, 3.8) is 0 Å². The first-order valence-corrected chi connectivity index (χ1v) is 6.62. The molecule has 0 aliphatic rings. The Morgan fingerprint density at radius 2 is 2.14 bits per heavy atom. The van der Waals surface area contributed by atoms with Crippen LogP contribution in [0.3, 0.4) is 0 Å². The van der Waals surface area contributed by atoms with E-state index in [0.717, 1.165) is 12.1 Å². The van der Waals surface area contributed by atoms with Crippen LogP contribution in [0.15, 0.2) is 34.9 Å². The van der Waals surface area contributed by atoms with E-state index in [9.17, 15) is 19.3 Å². The number of rotatable bonds is 3. The maximum absolute atomic E-state index is 13.0. The fourth-order valence-corrected chi connectivity index (χ4v) is 1.99. The molecule has 0 saturated heterocycles. The quantitative estimate of drug-likeness (QED) is 0.503. The molecule has 6 nitrogen and oxygen atoms in total. The van der Waals surface area contributed by atoms with Crippen LogP contribution in [-0.2, 0) is 0 Å². The molecular weight excluding hydrogens is 369 g/mol. The second-order valence-electron chi connectivity index (χ2n) is 3.87. The van der Waals surface area contributed by atoms with E-state index in [1.54, 1.807) is 0 Å². The summed E-state index contributed by atoms with van der Waals surface area (Å²) < 4.78 is 13.5. The van der Waals surface area contributed by atoms with E-state index in [1.165, 1.54) is 12.3 Å². The summed E-state index contributed by atoms with van der Waals surface area (Å²) in [5.41, 5.74) is -0.587. The van der Waals surface area contributed by atoms with Crippen LogP contribution in [0.4, 0.5) is 15.8 Å². The number of nitro groups is 1. The number of aromatic nitrogens is 1. The molecule has 1 amide bonds. The number of nitrogens with zero attached hydrogens (tertiary/aromatic N) is 2. The van der Waals surface area contributed by atoms with Crippen molar-refractivity contribution in [1.82, 2.24) is 4.98 Å². The Kier molecular flexibility index (Phi) is 4.49. The predicted molar refractivity (Wildman–Crippen MR) is 78.0 cm³/mol. The second kappa shape index (κ2) is 6.15. The number of anilines is 1. The van der Waals surface area contributed by atoms with Crippen LogP contribution >= 0.6 is 27.5 Å². The van der Waals surface area contributed by atoms with Crippen molar-refractivity contribution in [3.8, 4) is 0 Å². The van der Waals surface area contributed by atoms with E-state index in [-0.39, 0.29) is 16.4 Å². The zero-order chi connectivity index (χ0) is 15.6. The predicted octanol–water partition coefficient (Wildman–Crippen LogP) is 3.80.